The lowest BCUT2D eigenvalue weighted by atomic mass is 10.3. The first-order chi connectivity index (χ1) is 9.19. The average molecular weight is 319 g/mol. The van der Waals surface area contributed by atoms with Crippen LogP contribution in [0.5, 0.6) is 5.75 Å². The van der Waals surface area contributed by atoms with Gasteiger partial charge in [-0.25, -0.2) is 9.97 Å². The van der Waals surface area contributed by atoms with Crippen LogP contribution in [0, 0.1) is 6.92 Å². The Kier molecular flexibility index (Phi) is 2.94. The number of rotatable bonds is 2. The SMILES string of the molecule is COc1ccnc(-c2nc3ncc(Br)c(C)c3[nH]2)c1. The van der Waals surface area contributed by atoms with Gasteiger partial charge in [0, 0.05) is 22.9 Å². The zero-order valence-corrected chi connectivity index (χ0v) is 12.0. The maximum absolute atomic E-state index is 5.19. The summed E-state index contributed by atoms with van der Waals surface area (Å²) < 4.78 is 6.14. The van der Waals surface area contributed by atoms with Crippen molar-refractivity contribution in [2.24, 2.45) is 0 Å². The summed E-state index contributed by atoms with van der Waals surface area (Å²) in [7, 11) is 1.63. The molecule has 5 nitrogen and oxygen atoms in total. The van der Waals surface area contributed by atoms with Gasteiger partial charge in [0.25, 0.3) is 0 Å². The van der Waals surface area contributed by atoms with E-state index in [-0.39, 0.29) is 0 Å². The van der Waals surface area contributed by atoms with Crippen LogP contribution in [0.1, 0.15) is 5.56 Å². The molecule has 0 radical (unpaired) electrons. The third-order valence-electron chi connectivity index (χ3n) is 2.93. The van der Waals surface area contributed by atoms with Crippen molar-refractivity contribution in [1.82, 2.24) is 19.9 Å². The highest BCUT2D eigenvalue weighted by Crippen LogP contribution is 2.25. The van der Waals surface area contributed by atoms with Gasteiger partial charge in [-0.3, -0.25) is 4.98 Å². The van der Waals surface area contributed by atoms with Gasteiger partial charge in [-0.2, -0.15) is 0 Å². The van der Waals surface area contributed by atoms with E-state index in [0.717, 1.165) is 27.0 Å². The van der Waals surface area contributed by atoms with Crippen LogP contribution >= 0.6 is 15.9 Å². The molecule has 0 aliphatic heterocycles. The van der Waals surface area contributed by atoms with Gasteiger partial charge in [0.2, 0.25) is 0 Å². The number of fused-ring (bicyclic) bond motifs is 1. The molecular formula is C13H11BrN4O. The fourth-order valence-electron chi connectivity index (χ4n) is 1.84. The van der Waals surface area contributed by atoms with Crippen LogP contribution in [0.25, 0.3) is 22.7 Å². The Balaban J connectivity index is 2.17. The van der Waals surface area contributed by atoms with Crippen LogP contribution < -0.4 is 4.74 Å². The molecule has 0 amide bonds. The third kappa shape index (κ3) is 2.08. The first kappa shape index (κ1) is 12.1. The molecule has 3 rings (SSSR count). The minimum atomic E-state index is 0.681. The van der Waals surface area contributed by atoms with Gasteiger partial charge >= 0.3 is 0 Å². The fourth-order valence-corrected chi connectivity index (χ4v) is 2.14. The largest absolute Gasteiger partial charge is 0.497 e. The number of pyridine rings is 2. The first-order valence-electron chi connectivity index (χ1n) is 5.70. The van der Waals surface area contributed by atoms with E-state index in [0.29, 0.717) is 11.5 Å². The Morgan fingerprint density at radius 3 is 2.95 bits per heavy atom. The molecule has 0 unspecified atom stereocenters. The minimum Gasteiger partial charge on any atom is -0.497 e. The number of aromatic amines is 1. The van der Waals surface area contributed by atoms with Crippen LogP contribution in [0.3, 0.4) is 0 Å². The molecule has 0 spiro atoms. The van der Waals surface area contributed by atoms with Gasteiger partial charge in [-0.15, -0.1) is 0 Å². The molecule has 0 aliphatic rings. The first-order valence-corrected chi connectivity index (χ1v) is 6.49. The Morgan fingerprint density at radius 2 is 2.16 bits per heavy atom. The van der Waals surface area contributed by atoms with E-state index in [1.807, 2.05) is 13.0 Å². The van der Waals surface area contributed by atoms with Crippen molar-refractivity contribution in [2.75, 3.05) is 7.11 Å². The zero-order chi connectivity index (χ0) is 13.4. The lowest BCUT2D eigenvalue weighted by Crippen LogP contribution is -1.88. The summed E-state index contributed by atoms with van der Waals surface area (Å²) in [5.74, 6) is 1.43. The Bertz CT molecular complexity index is 753. The second-order valence-corrected chi connectivity index (χ2v) is 4.95. The molecular weight excluding hydrogens is 308 g/mol. The van der Waals surface area contributed by atoms with Crippen LogP contribution in [0.2, 0.25) is 0 Å². The number of imidazole rings is 1. The van der Waals surface area contributed by atoms with Gasteiger partial charge in [0.05, 0.1) is 12.6 Å². The quantitative estimate of drug-likeness (QED) is 0.788. The molecule has 0 fully saturated rings. The molecule has 3 aromatic heterocycles. The summed E-state index contributed by atoms with van der Waals surface area (Å²) in [5.41, 5.74) is 3.40. The van der Waals surface area contributed by atoms with Crippen LogP contribution in [-0.4, -0.2) is 27.0 Å². The Hall–Kier alpha value is -1.95. The highest BCUT2D eigenvalue weighted by Gasteiger charge is 2.11. The maximum Gasteiger partial charge on any atom is 0.178 e. The monoisotopic (exact) mass is 318 g/mol. The van der Waals surface area contributed by atoms with Crippen molar-refractivity contribution >= 4 is 27.1 Å². The Labute approximate surface area is 118 Å². The van der Waals surface area contributed by atoms with Gasteiger partial charge < -0.3 is 9.72 Å². The number of aromatic nitrogens is 4. The normalized spacial score (nSPS) is 10.9. The lowest BCUT2D eigenvalue weighted by molar-refractivity contribution is 0.414. The van der Waals surface area contributed by atoms with E-state index < -0.39 is 0 Å². The number of hydrogen-bond acceptors (Lipinski definition) is 4. The minimum absolute atomic E-state index is 0.681. The van der Waals surface area contributed by atoms with Crippen molar-refractivity contribution in [2.45, 2.75) is 6.92 Å². The van der Waals surface area contributed by atoms with Crippen molar-refractivity contribution in [1.29, 1.82) is 0 Å². The predicted molar refractivity (Wildman–Crippen MR) is 76.1 cm³/mol. The van der Waals surface area contributed by atoms with E-state index in [1.54, 1.807) is 25.6 Å². The molecule has 19 heavy (non-hydrogen) atoms. The van der Waals surface area contributed by atoms with Gasteiger partial charge in [0.1, 0.15) is 11.4 Å². The number of ether oxygens (including phenoxy) is 1. The van der Waals surface area contributed by atoms with Crippen LogP contribution in [0.4, 0.5) is 0 Å². The summed E-state index contributed by atoms with van der Waals surface area (Å²) in [6, 6.07) is 3.63. The Morgan fingerprint density at radius 1 is 1.32 bits per heavy atom. The molecule has 0 bridgehead atoms. The number of nitrogens with zero attached hydrogens (tertiary/aromatic N) is 3. The summed E-state index contributed by atoms with van der Waals surface area (Å²) >= 11 is 3.46. The zero-order valence-electron chi connectivity index (χ0n) is 10.4. The van der Waals surface area contributed by atoms with Crippen molar-refractivity contribution in [3.8, 4) is 17.3 Å². The molecule has 0 aliphatic carbocycles. The van der Waals surface area contributed by atoms with Gasteiger partial charge in [-0.05, 0) is 34.5 Å². The second kappa shape index (κ2) is 4.62. The van der Waals surface area contributed by atoms with Crippen molar-refractivity contribution in [3.63, 3.8) is 0 Å². The molecule has 6 heteroatoms. The molecule has 0 saturated heterocycles. The van der Waals surface area contributed by atoms with E-state index in [4.69, 9.17) is 4.74 Å². The molecule has 0 atom stereocenters. The molecule has 0 saturated carbocycles. The van der Waals surface area contributed by atoms with Gasteiger partial charge in [0.15, 0.2) is 11.5 Å². The standard InChI is InChI=1S/C13H11BrN4O/c1-7-9(14)6-16-13-11(7)17-12(18-13)10-5-8(19-2)3-4-15-10/h3-6H,1-2H3,(H,16,17,18). The number of hydrogen-bond donors (Lipinski definition) is 1. The lowest BCUT2D eigenvalue weighted by Gasteiger charge is -2.00. The highest BCUT2D eigenvalue weighted by molar-refractivity contribution is 9.10. The number of aryl methyl sites for hydroxylation is 1. The number of H-pyrrole nitrogens is 1. The molecule has 96 valence electrons. The smallest absolute Gasteiger partial charge is 0.178 e. The van der Waals surface area contributed by atoms with Crippen LogP contribution in [-0.2, 0) is 0 Å². The van der Waals surface area contributed by atoms with Crippen molar-refractivity contribution in [3.05, 3.63) is 34.6 Å². The number of nitrogens with one attached hydrogen (secondary N) is 1. The predicted octanol–water partition coefficient (Wildman–Crippen LogP) is 3.10. The molecule has 3 aromatic rings. The topological polar surface area (TPSA) is 63.7 Å². The van der Waals surface area contributed by atoms with E-state index in [9.17, 15) is 0 Å². The van der Waals surface area contributed by atoms with E-state index >= 15 is 0 Å². The molecule has 1 N–H and O–H groups in total. The summed E-state index contributed by atoms with van der Waals surface area (Å²) in [4.78, 5) is 16.3. The summed E-state index contributed by atoms with van der Waals surface area (Å²) in [6.45, 7) is 2.01. The van der Waals surface area contributed by atoms with Gasteiger partial charge in [-0.1, -0.05) is 0 Å². The summed E-state index contributed by atoms with van der Waals surface area (Å²) in [6.07, 6.45) is 3.44. The third-order valence-corrected chi connectivity index (χ3v) is 3.73. The average Bonchev–Trinajstić information content (AvgIpc) is 2.88. The molecule has 3 heterocycles. The number of halogens is 1. The van der Waals surface area contributed by atoms with Crippen molar-refractivity contribution < 1.29 is 4.74 Å². The molecule has 0 aromatic carbocycles. The maximum atomic E-state index is 5.19. The number of methoxy groups -OCH3 is 1. The second-order valence-electron chi connectivity index (χ2n) is 4.10. The highest BCUT2D eigenvalue weighted by atomic mass is 79.9. The van der Waals surface area contributed by atoms with E-state index in [1.165, 1.54) is 0 Å². The van der Waals surface area contributed by atoms with E-state index in [2.05, 4.69) is 35.9 Å². The van der Waals surface area contributed by atoms with Crippen LogP contribution in [0.15, 0.2) is 29.0 Å². The fraction of sp³-hybridized carbons (Fsp3) is 0.154. The summed E-state index contributed by atoms with van der Waals surface area (Å²) in [5, 5.41) is 0.